The Morgan fingerprint density at radius 2 is 1.91 bits per heavy atom. The van der Waals surface area contributed by atoms with Gasteiger partial charge in [0.25, 0.3) is 0 Å². The zero-order valence-electron chi connectivity index (χ0n) is 13.1. The van der Waals surface area contributed by atoms with Gasteiger partial charge in [-0.2, -0.15) is 5.26 Å². The fourth-order valence-corrected chi connectivity index (χ4v) is 3.09. The van der Waals surface area contributed by atoms with Crippen molar-refractivity contribution in [1.82, 2.24) is 5.32 Å². The molecule has 0 radical (unpaired) electrons. The van der Waals surface area contributed by atoms with Crippen LogP contribution < -0.4 is 5.32 Å². The lowest BCUT2D eigenvalue weighted by molar-refractivity contribution is 0.482. The Morgan fingerprint density at radius 1 is 1.13 bits per heavy atom. The second kappa shape index (κ2) is 8.94. The van der Waals surface area contributed by atoms with E-state index in [2.05, 4.69) is 41.7 Å². The van der Waals surface area contributed by atoms with Gasteiger partial charge in [-0.25, -0.2) is 0 Å². The lowest BCUT2D eigenvalue weighted by atomic mass is 10.1. The molecule has 0 saturated carbocycles. The molecule has 118 valence electrons. The SMILES string of the molecule is CNCCCc1ccccc1.N#Cc1cc2cccc(O)c2s1. The monoisotopic (exact) mass is 324 g/mol. The topological polar surface area (TPSA) is 56.0 Å². The summed E-state index contributed by atoms with van der Waals surface area (Å²) in [5.41, 5.74) is 1.43. The predicted molar refractivity (Wildman–Crippen MR) is 96.9 cm³/mol. The lowest BCUT2D eigenvalue weighted by Crippen LogP contribution is -2.08. The molecule has 1 heterocycles. The zero-order chi connectivity index (χ0) is 16.5. The van der Waals surface area contributed by atoms with Crippen LogP contribution >= 0.6 is 11.3 Å². The standard InChI is InChI=1S/C10H15N.C9H5NOS/c1-11-9-5-8-10-6-3-2-4-7-10;10-5-7-4-6-2-1-3-8(11)9(6)12-7/h2-4,6-7,11H,5,8-9H2,1H3;1-4,11H. The molecule has 3 nitrogen and oxygen atoms in total. The summed E-state index contributed by atoms with van der Waals surface area (Å²) in [5, 5.41) is 22.1. The molecule has 0 atom stereocenters. The molecule has 0 unspecified atom stereocenters. The van der Waals surface area contributed by atoms with Crippen molar-refractivity contribution in [2.75, 3.05) is 13.6 Å². The van der Waals surface area contributed by atoms with E-state index < -0.39 is 0 Å². The van der Waals surface area contributed by atoms with Crippen LogP contribution in [0.5, 0.6) is 5.75 Å². The van der Waals surface area contributed by atoms with E-state index in [0.717, 1.165) is 16.6 Å². The number of rotatable bonds is 4. The van der Waals surface area contributed by atoms with Crippen LogP contribution in [0.2, 0.25) is 0 Å². The van der Waals surface area contributed by atoms with Gasteiger partial charge in [-0.3, -0.25) is 0 Å². The molecule has 0 saturated heterocycles. The van der Waals surface area contributed by atoms with E-state index in [-0.39, 0.29) is 5.75 Å². The number of hydrogen-bond acceptors (Lipinski definition) is 4. The van der Waals surface area contributed by atoms with Gasteiger partial charge < -0.3 is 10.4 Å². The Balaban J connectivity index is 0.000000168. The molecule has 0 aliphatic carbocycles. The van der Waals surface area contributed by atoms with Crippen LogP contribution in [0.1, 0.15) is 16.9 Å². The molecule has 0 fully saturated rings. The van der Waals surface area contributed by atoms with Gasteiger partial charge in [0.2, 0.25) is 0 Å². The van der Waals surface area contributed by atoms with Crippen molar-refractivity contribution in [2.24, 2.45) is 0 Å². The second-order valence-electron chi connectivity index (χ2n) is 5.11. The van der Waals surface area contributed by atoms with Crippen LogP contribution in [0.25, 0.3) is 10.1 Å². The van der Waals surface area contributed by atoms with Crippen molar-refractivity contribution in [3.8, 4) is 11.8 Å². The third-order valence-electron chi connectivity index (χ3n) is 3.37. The van der Waals surface area contributed by atoms with Gasteiger partial charge in [-0.15, -0.1) is 11.3 Å². The largest absolute Gasteiger partial charge is 0.506 e. The number of nitrogens with one attached hydrogen (secondary N) is 1. The molecule has 0 aliphatic rings. The summed E-state index contributed by atoms with van der Waals surface area (Å²) in [6, 6.07) is 19.7. The van der Waals surface area contributed by atoms with E-state index in [4.69, 9.17) is 5.26 Å². The highest BCUT2D eigenvalue weighted by Gasteiger charge is 2.03. The highest BCUT2D eigenvalue weighted by Crippen LogP contribution is 2.31. The van der Waals surface area contributed by atoms with Crippen LogP contribution in [0, 0.1) is 11.3 Å². The minimum Gasteiger partial charge on any atom is -0.506 e. The number of aryl methyl sites for hydroxylation is 1. The summed E-state index contributed by atoms with van der Waals surface area (Å²) in [6.45, 7) is 1.11. The molecule has 0 bridgehead atoms. The van der Waals surface area contributed by atoms with Crippen LogP contribution in [-0.4, -0.2) is 18.7 Å². The fourth-order valence-electron chi connectivity index (χ4n) is 2.22. The van der Waals surface area contributed by atoms with Crippen molar-refractivity contribution in [2.45, 2.75) is 12.8 Å². The number of nitrogens with zero attached hydrogens (tertiary/aromatic N) is 1. The zero-order valence-corrected chi connectivity index (χ0v) is 13.9. The summed E-state index contributed by atoms with van der Waals surface area (Å²) < 4.78 is 0.786. The number of phenolic OH excluding ortho intramolecular Hbond substituents is 1. The van der Waals surface area contributed by atoms with Gasteiger partial charge in [0.05, 0.1) is 4.70 Å². The first-order valence-corrected chi connectivity index (χ1v) is 8.36. The third kappa shape index (κ3) is 5.10. The second-order valence-corrected chi connectivity index (χ2v) is 6.16. The minimum absolute atomic E-state index is 0.249. The number of hydrogen-bond donors (Lipinski definition) is 2. The molecule has 1 aromatic heterocycles. The molecule has 23 heavy (non-hydrogen) atoms. The molecule has 3 aromatic rings. The maximum atomic E-state index is 9.38. The summed E-state index contributed by atoms with van der Waals surface area (Å²) in [6.07, 6.45) is 2.40. The van der Waals surface area contributed by atoms with E-state index in [1.54, 1.807) is 18.2 Å². The molecule has 3 rings (SSSR count). The van der Waals surface area contributed by atoms with Crippen molar-refractivity contribution < 1.29 is 5.11 Å². The Morgan fingerprint density at radius 3 is 2.57 bits per heavy atom. The number of thiophene rings is 1. The summed E-state index contributed by atoms with van der Waals surface area (Å²) in [7, 11) is 1.99. The molecular formula is C19H20N2OS. The molecule has 0 aliphatic heterocycles. The fraction of sp³-hybridized carbons (Fsp3) is 0.211. The normalized spacial score (nSPS) is 9.91. The Kier molecular flexibility index (Phi) is 6.61. The van der Waals surface area contributed by atoms with E-state index >= 15 is 0 Å². The van der Waals surface area contributed by atoms with Crippen LogP contribution in [-0.2, 0) is 6.42 Å². The Labute approximate surface area is 140 Å². The van der Waals surface area contributed by atoms with E-state index in [9.17, 15) is 5.11 Å². The number of aromatic hydroxyl groups is 1. The maximum Gasteiger partial charge on any atom is 0.133 e. The van der Waals surface area contributed by atoms with E-state index in [1.807, 2.05) is 13.1 Å². The first-order valence-electron chi connectivity index (χ1n) is 7.54. The molecular weight excluding hydrogens is 304 g/mol. The minimum atomic E-state index is 0.249. The van der Waals surface area contributed by atoms with Crippen LogP contribution in [0.3, 0.4) is 0 Å². The van der Waals surface area contributed by atoms with Gasteiger partial charge in [-0.05, 0) is 49.5 Å². The number of benzene rings is 2. The van der Waals surface area contributed by atoms with Gasteiger partial charge in [-0.1, -0.05) is 42.5 Å². The predicted octanol–water partition coefficient (Wildman–Crippen LogP) is 4.32. The van der Waals surface area contributed by atoms with Gasteiger partial charge in [0, 0.05) is 0 Å². The molecule has 0 spiro atoms. The first-order chi connectivity index (χ1) is 11.2. The number of fused-ring (bicyclic) bond motifs is 1. The highest BCUT2D eigenvalue weighted by molar-refractivity contribution is 7.19. The average molecular weight is 324 g/mol. The lowest BCUT2D eigenvalue weighted by Gasteiger charge is -1.99. The summed E-state index contributed by atoms with van der Waals surface area (Å²) >= 11 is 1.31. The Hall–Kier alpha value is -2.35. The molecule has 2 N–H and O–H groups in total. The van der Waals surface area contributed by atoms with Gasteiger partial charge >= 0.3 is 0 Å². The average Bonchev–Trinajstić information content (AvgIpc) is 3.02. The first kappa shape index (κ1) is 17.0. The van der Waals surface area contributed by atoms with E-state index in [1.165, 1.54) is 29.7 Å². The summed E-state index contributed by atoms with van der Waals surface area (Å²) in [4.78, 5) is 0.631. The molecule has 2 aromatic carbocycles. The smallest absolute Gasteiger partial charge is 0.133 e. The van der Waals surface area contributed by atoms with E-state index in [0.29, 0.717) is 4.88 Å². The number of phenols is 1. The summed E-state index contributed by atoms with van der Waals surface area (Å²) in [5.74, 6) is 0.249. The van der Waals surface area contributed by atoms with Gasteiger partial charge in [0.15, 0.2) is 0 Å². The molecule has 0 amide bonds. The maximum absolute atomic E-state index is 9.38. The molecule has 4 heteroatoms. The quantitative estimate of drug-likeness (QED) is 0.703. The Bertz CT molecular complexity index is 775. The van der Waals surface area contributed by atoms with Crippen molar-refractivity contribution in [1.29, 1.82) is 5.26 Å². The van der Waals surface area contributed by atoms with Crippen molar-refractivity contribution in [3.05, 3.63) is 65.0 Å². The van der Waals surface area contributed by atoms with Crippen molar-refractivity contribution >= 4 is 21.4 Å². The third-order valence-corrected chi connectivity index (χ3v) is 4.45. The van der Waals surface area contributed by atoms with Crippen LogP contribution in [0.15, 0.2) is 54.6 Å². The van der Waals surface area contributed by atoms with Crippen LogP contribution in [0.4, 0.5) is 0 Å². The van der Waals surface area contributed by atoms with Crippen molar-refractivity contribution in [3.63, 3.8) is 0 Å². The highest BCUT2D eigenvalue weighted by atomic mass is 32.1. The number of nitriles is 1. The van der Waals surface area contributed by atoms with Gasteiger partial charge in [0.1, 0.15) is 16.7 Å².